The minimum atomic E-state index is 0.594. The number of anilines is 2. The molecular weight excluding hydrogens is 520 g/mol. The van der Waals surface area contributed by atoms with Gasteiger partial charge in [0.1, 0.15) is 23.4 Å². The first-order valence-electron chi connectivity index (χ1n) is 13.5. The minimum absolute atomic E-state index is 0.594. The van der Waals surface area contributed by atoms with E-state index in [1.165, 1.54) is 0 Å². The molecule has 7 rings (SSSR count). The highest BCUT2D eigenvalue weighted by atomic mass is 16.5. The summed E-state index contributed by atoms with van der Waals surface area (Å²) in [5, 5.41) is 13.1. The predicted octanol–water partition coefficient (Wildman–Crippen LogP) is 4.53. The summed E-state index contributed by atoms with van der Waals surface area (Å²) in [6.45, 7) is 4.06. The normalized spacial score (nSPS) is 14.1. The van der Waals surface area contributed by atoms with Gasteiger partial charge in [-0.1, -0.05) is 17.3 Å². The van der Waals surface area contributed by atoms with Crippen LogP contribution < -0.4 is 10.1 Å². The lowest BCUT2D eigenvalue weighted by molar-refractivity contribution is 0.0336. The molecule has 0 atom stereocenters. The number of methoxy groups -OCH3 is 1. The summed E-state index contributed by atoms with van der Waals surface area (Å²) in [5.41, 5.74) is 6.05. The van der Waals surface area contributed by atoms with Gasteiger partial charge in [-0.3, -0.25) is 4.90 Å². The molecule has 206 valence electrons. The van der Waals surface area contributed by atoms with Gasteiger partial charge in [-0.05, 0) is 48.0 Å². The maximum absolute atomic E-state index is 6.08. The molecule has 4 heterocycles. The third-order valence-electron chi connectivity index (χ3n) is 7.12. The molecular formula is C30H28N8O3. The van der Waals surface area contributed by atoms with Crippen molar-refractivity contribution < 1.29 is 13.9 Å². The Morgan fingerprint density at radius 3 is 2.66 bits per heavy atom. The number of hydrogen-bond acceptors (Lipinski definition) is 10. The Balaban J connectivity index is 1.11. The van der Waals surface area contributed by atoms with Crippen LogP contribution in [0.15, 0.2) is 77.6 Å². The summed E-state index contributed by atoms with van der Waals surface area (Å²) in [5.74, 6) is 2.16. The van der Waals surface area contributed by atoms with Crippen molar-refractivity contribution in [2.24, 2.45) is 0 Å². The van der Waals surface area contributed by atoms with Gasteiger partial charge >= 0.3 is 0 Å². The smallest absolute Gasteiger partial charge is 0.199 e. The third-order valence-corrected chi connectivity index (χ3v) is 7.12. The molecule has 0 saturated carbocycles. The number of rotatable bonds is 8. The molecule has 11 nitrogen and oxygen atoms in total. The first-order chi connectivity index (χ1) is 20.2. The van der Waals surface area contributed by atoms with Crippen LogP contribution in [0.3, 0.4) is 0 Å². The lowest BCUT2D eigenvalue weighted by Crippen LogP contribution is -2.35. The molecule has 0 bridgehead atoms. The fourth-order valence-corrected chi connectivity index (χ4v) is 4.95. The number of morpholine rings is 1. The van der Waals surface area contributed by atoms with E-state index in [0.29, 0.717) is 23.7 Å². The van der Waals surface area contributed by atoms with Gasteiger partial charge in [0.25, 0.3) is 0 Å². The Morgan fingerprint density at radius 1 is 0.951 bits per heavy atom. The van der Waals surface area contributed by atoms with E-state index in [9.17, 15) is 0 Å². The molecule has 0 spiro atoms. The fourth-order valence-electron chi connectivity index (χ4n) is 4.95. The Morgan fingerprint density at radius 2 is 1.80 bits per heavy atom. The largest absolute Gasteiger partial charge is 0.497 e. The predicted molar refractivity (Wildman–Crippen MR) is 154 cm³/mol. The highest BCUT2D eigenvalue weighted by Gasteiger charge is 2.14. The molecule has 3 aromatic carbocycles. The molecule has 3 aromatic heterocycles. The van der Waals surface area contributed by atoms with Crippen LogP contribution in [0.5, 0.6) is 5.75 Å². The summed E-state index contributed by atoms with van der Waals surface area (Å²) in [7, 11) is 1.66. The average molecular weight is 549 g/mol. The molecule has 6 aromatic rings. The first-order valence-corrected chi connectivity index (χ1v) is 13.5. The summed E-state index contributed by atoms with van der Waals surface area (Å²) in [6, 6.07) is 19.7. The zero-order valence-electron chi connectivity index (χ0n) is 22.5. The third kappa shape index (κ3) is 5.45. The molecule has 0 amide bonds. The second-order valence-electron chi connectivity index (χ2n) is 9.91. The average Bonchev–Trinajstić information content (AvgIpc) is 3.64. The van der Waals surface area contributed by atoms with Gasteiger partial charge in [0.05, 0.1) is 43.4 Å². The van der Waals surface area contributed by atoms with Crippen LogP contribution in [0.1, 0.15) is 17.1 Å². The van der Waals surface area contributed by atoms with E-state index in [1.807, 2.05) is 66.9 Å². The van der Waals surface area contributed by atoms with E-state index in [0.717, 1.165) is 77.6 Å². The topological polar surface area (TPSA) is 116 Å². The molecule has 0 radical (unpaired) electrons. The zero-order valence-corrected chi connectivity index (χ0v) is 22.5. The minimum Gasteiger partial charge on any atom is -0.497 e. The molecule has 0 aliphatic carbocycles. The summed E-state index contributed by atoms with van der Waals surface area (Å²) >= 11 is 0. The van der Waals surface area contributed by atoms with Crippen LogP contribution >= 0.6 is 0 Å². The summed E-state index contributed by atoms with van der Waals surface area (Å²) in [6.07, 6.45) is 4.12. The number of oxazole rings is 1. The summed E-state index contributed by atoms with van der Waals surface area (Å²) in [4.78, 5) is 16.0. The van der Waals surface area contributed by atoms with E-state index >= 15 is 0 Å². The van der Waals surface area contributed by atoms with Crippen molar-refractivity contribution in [1.82, 2.24) is 34.8 Å². The standard InChI is InChI=1S/C30H28N8O3/c1-39-24-6-2-20(3-7-24)14-29-34-27-8-4-21(15-28(27)41-29)33-30-25-16-23(5-9-26(25)31-19-32-30)38-18-22(35-36-38)17-37-10-12-40-13-11-37/h2-9,15-16,18-19H,10-14,17H2,1H3,(H,31,32,33). The SMILES string of the molecule is COc1ccc(Cc2nc3ccc(Nc4ncnc5ccc(-n6cc(CN7CCOCC7)nn6)cc45)cc3o2)cc1. The van der Waals surface area contributed by atoms with Gasteiger partial charge in [-0.15, -0.1) is 5.10 Å². The quantitative estimate of drug-likeness (QED) is 0.291. The van der Waals surface area contributed by atoms with E-state index < -0.39 is 0 Å². The number of nitrogens with zero attached hydrogens (tertiary/aromatic N) is 7. The number of benzene rings is 3. The van der Waals surface area contributed by atoms with Gasteiger partial charge in [0.15, 0.2) is 11.5 Å². The molecule has 1 aliphatic heterocycles. The zero-order chi connectivity index (χ0) is 27.6. The van der Waals surface area contributed by atoms with Gasteiger partial charge in [-0.25, -0.2) is 19.6 Å². The van der Waals surface area contributed by atoms with E-state index in [-0.39, 0.29) is 0 Å². The molecule has 0 unspecified atom stereocenters. The van der Waals surface area contributed by atoms with Gasteiger partial charge in [0.2, 0.25) is 0 Å². The Hall–Kier alpha value is -4.87. The van der Waals surface area contributed by atoms with E-state index in [2.05, 4.69) is 35.5 Å². The van der Waals surface area contributed by atoms with Crippen LogP contribution in [0.25, 0.3) is 27.7 Å². The number of nitrogens with one attached hydrogen (secondary N) is 1. The second-order valence-corrected chi connectivity index (χ2v) is 9.91. The Labute approximate surface area is 235 Å². The molecule has 1 N–H and O–H groups in total. The van der Waals surface area contributed by atoms with Crippen LogP contribution in [0.4, 0.5) is 11.5 Å². The van der Waals surface area contributed by atoms with Gasteiger partial charge in [0, 0.05) is 43.2 Å². The van der Waals surface area contributed by atoms with Crippen molar-refractivity contribution in [2.75, 3.05) is 38.7 Å². The van der Waals surface area contributed by atoms with E-state index in [1.54, 1.807) is 18.1 Å². The molecule has 41 heavy (non-hydrogen) atoms. The molecule has 1 aliphatic rings. The van der Waals surface area contributed by atoms with Gasteiger partial charge in [-0.2, -0.15) is 0 Å². The van der Waals surface area contributed by atoms with Crippen LogP contribution in [0.2, 0.25) is 0 Å². The highest BCUT2D eigenvalue weighted by molar-refractivity contribution is 5.92. The lowest BCUT2D eigenvalue weighted by Gasteiger charge is -2.25. The number of fused-ring (bicyclic) bond motifs is 2. The highest BCUT2D eigenvalue weighted by Crippen LogP contribution is 2.28. The van der Waals surface area contributed by atoms with Crippen molar-refractivity contribution in [3.8, 4) is 11.4 Å². The number of hydrogen-bond donors (Lipinski definition) is 1. The molecule has 1 saturated heterocycles. The Kier molecular flexibility index (Phi) is 6.71. The van der Waals surface area contributed by atoms with Crippen LogP contribution in [-0.4, -0.2) is 68.3 Å². The number of aromatic nitrogens is 6. The Bertz CT molecular complexity index is 1810. The van der Waals surface area contributed by atoms with Crippen molar-refractivity contribution in [1.29, 1.82) is 0 Å². The van der Waals surface area contributed by atoms with Crippen molar-refractivity contribution in [3.63, 3.8) is 0 Å². The van der Waals surface area contributed by atoms with Crippen molar-refractivity contribution in [3.05, 3.63) is 90.3 Å². The lowest BCUT2D eigenvalue weighted by atomic mass is 10.1. The molecule has 11 heteroatoms. The van der Waals surface area contributed by atoms with Gasteiger partial charge < -0.3 is 19.2 Å². The van der Waals surface area contributed by atoms with Crippen molar-refractivity contribution >= 4 is 33.5 Å². The fraction of sp³-hybridized carbons (Fsp3) is 0.233. The number of ether oxygens (including phenoxy) is 2. The monoisotopic (exact) mass is 548 g/mol. The van der Waals surface area contributed by atoms with E-state index in [4.69, 9.17) is 13.9 Å². The maximum atomic E-state index is 6.08. The second kappa shape index (κ2) is 11.0. The summed E-state index contributed by atoms with van der Waals surface area (Å²) < 4.78 is 18.6. The van der Waals surface area contributed by atoms with Crippen molar-refractivity contribution in [2.45, 2.75) is 13.0 Å². The van der Waals surface area contributed by atoms with Crippen LogP contribution in [-0.2, 0) is 17.7 Å². The van der Waals surface area contributed by atoms with Crippen LogP contribution in [0, 0.1) is 0 Å². The molecule has 1 fully saturated rings. The first kappa shape index (κ1) is 25.1. The maximum Gasteiger partial charge on any atom is 0.199 e.